The van der Waals surface area contributed by atoms with Gasteiger partial charge in [-0.25, -0.2) is 13.1 Å². The number of carbonyl (C=O) groups is 1. The van der Waals surface area contributed by atoms with E-state index in [0.717, 1.165) is 23.2 Å². The molecule has 1 aliphatic heterocycles. The van der Waals surface area contributed by atoms with E-state index in [2.05, 4.69) is 4.72 Å². The first-order valence-corrected chi connectivity index (χ1v) is 10.3. The lowest BCUT2D eigenvalue weighted by Crippen LogP contribution is -2.32. The van der Waals surface area contributed by atoms with Crippen molar-refractivity contribution in [3.8, 4) is 0 Å². The first-order valence-electron chi connectivity index (χ1n) is 8.47. The van der Waals surface area contributed by atoms with Gasteiger partial charge in [-0.2, -0.15) is 0 Å². The number of fused-ring (bicyclic) bond motifs is 1. The van der Waals surface area contributed by atoms with Crippen molar-refractivity contribution < 1.29 is 13.2 Å². The monoisotopic (exact) mass is 392 g/mol. The SMILES string of the molecule is CC(C)C(=O)N1CCc2cc(CNS(=O)(=O)c3ccccc3Cl)ccc21. The molecule has 0 aromatic heterocycles. The van der Waals surface area contributed by atoms with Crippen LogP contribution in [0, 0.1) is 5.92 Å². The fourth-order valence-corrected chi connectivity index (χ4v) is 4.56. The second-order valence-corrected chi connectivity index (χ2v) is 8.76. The van der Waals surface area contributed by atoms with Crippen LogP contribution in [0.2, 0.25) is 5.02 Å². The van der Waals surface area contributed by atoms with Crippen LogP contribution in [0.4, 0.5) is 5.69 Å². The van der Waals surface area contributed by atoms with Crippen LogP contribution < -0.4 is 9.62 Å². The summed E-state index contributed by atoms with van der Waals surface area (Å²) in [4.78, 5) is 14.1. The van der Waals surface area contributed by atoms with Gasteiger partial charge in [0.05, 0.1) is 5.02 Å². The zero-order valence-corrected chi connectivity index (χ0v) is 16.3. The van der Waals surface area contributed by atoms with Crippen LogP contribution in [0.25, 0.3) is 0 Å². The molecule has 0 atom stereocenters. The molecule has 0 aliphatic carbocycles. The summed E-state index contributed by atoms with van der Waals surface area (Å²) in [6, 6.07) is 12.0. The van der Waals surface area contributed by atoms with E-state index in [1.165, 1.54) is 6.07 Å². The second-order valence-electron chi connectivity index (χ2n) is 6.61. The maximum absolute atomic E-state index is 12.4. The number of benzene rings is 2. The number of carbonyl (C=O) groups excluding carboxylic acids is 1. The van der Waals surface area contributed by atoms with Crippen molar-refractivity contribution in [2.45, 2.75) is 31.7 Å². The lowest BCUT2D eigenvalue weighted by Gasteiger charge is -2.19. The highest BCUT2D eigenvalue weighted by atomic mass is 35.5. The molecular weight excluding hydrogens is 372 g/mol. The summed E-state index contributed by atoms with van der Waals surface area (Å²) in [7, 11) is -3.69. The van der Waals surface area contributed by atoms with Crippen molar-refractivity contribution in [3.63, 3.8) is 0 Å². The van der Waals surface area contributed by atoms with Gasteiger partial charge in [0.2, 0.25) is 15.9 Å². The molecule has 0 saturated carbocycles. The largest absolute Gasteiger partial charge is 0.312 e. The number of hydrogen-bond acceptors (Lipinski definition) is 3. The molecule has 3 rings (SSSR count). The molecule has 2 aromatic rings. The fourth-order valence-electron chi connectivity index (χ4n) is 3.02. The number of nitrogens with zero attached hydrogens (tertiary/aromatic N) is 1. The zero-order chi connectivity index (χ0) is 18.9. The molecule has 2 aromatic carbocycles. The van der Waals surface area contributed by atoms with Crippen molar-refractivity contribution in [2.75, 3.05) is 11.4 Å². The van der Waals surface area contributed by atoms with E-state index in [0.29, 0.717) is 6.54 Å². The highest BCUT2D eigenvalue weighted by Crippen LogP contribution is 2.30. The van der Waals surface area contributed by atoms with Gasteiger partial charge < -0.3 is 4.90 Å². The molecule has 1 heterocycles. The normalized spacial score (nSPS) is 13.9. The van der Waals surface area contributed by atoms with E-state index in [4.69, 9.17) is 11.6 Å². The number of anilines is 1. The van der Waals surface area contributed by atoms with E-state index in [1.807, 2.05) is 32.0 Å². The number of sulfonamides is 1. The minimum absolute atomic E-state index is 0.0527. The summed E-state index contributed by atoms with van der Waals surface area (Å²) < 4.78 is 27.4. The average Bonchev–Trinajstić information content (AvgIpc) is 3.02. The molecule has 138 valence electrons. The Morgan fingerprint density at radius 3 is 2.65 bits per heavy atom. The highest BCUT2D eigenvalue weighted by Gasteiger charge is 2.26. The Kier molecular flexibility index (Phi) is 5.37. The van der Waals surface area contributed by atoms with E-state index >= 15 is 0 Å². The molecule has 0 saturated heterocycles. The van der Waals surface area contributed by atoms with Gasteiger partial charge in [0, 0.05) is 24.7 Å². The predicted molar refractivity (Wildman–Crippen MR) is 103 cm³/mol. The van der Waals surface area contributed by atoms with Crippen LogP contribution in [0.1, 0.15) is 25.0 Å². The summed E-state index contributed by atoms with van der Waals surface area (Å²) in [5, 5.41) is 0.191. The number of rotatable bonds is 5. The molecule has 1 N–H and O–H groups in total. The Morgan fingerprint density at radius 2 is 1.96 bits per heavy atom. The Hall–Kier alpha value is -1.89. The van der Waals surface area contributed by atoms with Crippen molar-refractivity contribution in [3.05, 3.63) is 58.6 Å². The lowest BCUT2D eigenvalue weighted by atomic mass is 10.1. The third-order valence-corrected chi connectivity index (χ3v) is 6.29. The van der Waals surface area contributed by atoms with Crippen LogP contribution in [0.5, 0.6) is 0 Å². The molecule has 0 fully saturated rings. The third-order valence-electron chi connectivity index (χ3n) is 4.39. The molecular formula is C19H21ClN2O3S. The van der Waals surface area contributed by atoms with Gasteiger partial charge in [-0.1, -0.05) is 49.7 Å². The first kappa shape index (κ1) is 18.9. The van der Waals surface area contributed by atoms with Crippen LogP contribution in [-0.4, -0.2) is 20.9 Å². The maximum atomic E-state index is 12.4. The number of nitrogens with one attached hydrogen (secondary N) is 1. The van der Waals surface area contributed by atoms with Gasteiger partial charge in [-0.3, -0.25) is 4.79 Å². The maximum Gasteiger partial charge on any atom is 0.242 e. The van der Waals surface area contributed by atoms with Crippen molar-refractivity contribution in [1.82, 2.24) is 4.72 Å². The number of amides is 1. The van der Waals surface area contributed by atoms with E-state index < -0.39 is 10.0 Å². The molecule has 5 nitrogen and oxygen atoms in total. The van der Waals surface area contributed by atoms with Gasteiger partial charge in [-0.15, -0.1) is 0 Å². The number of hydrogen-bond donors (Lipinski definition) is 1. The molecule has 1 amide bonds. The van der Waals surface area contributed by atoms with Crippen LogP contribution in [0.3, 0.4) is 0 Å². The second kappa shape index (κ2) is 7.39. The summed E-state index contributed by atoms with van der Waals surface area (Å²) >= 11 is 5.98. The van der Waals surface area contributed by atoms with Crippen LogP contribution in [0.15, 0.2) is 47.4 Å². The smallest absolute Gasteiger partial charge is 0.242 e. The van der Waals surface area contributed by atoms with E-state index in [1.54, 1.807) is 23.1 Å². The van der Waals surface area contributed by atoms with Crippen LogP contribution in [-0.2, 0) is 27.8 Å². The topological polar surface area (TPSA) is 66.5 Å². The Labute approximate surface area is 159 Å². The summed E-state index contributed by atoms with van der Waals surface area (Å²) in [6.07, 6.45) is 0.777. The molecule has 1 aliphatic rings. The minimum atomic E-state index is -3.69. The van der Waals surface area contributed by atoms with Crippen LogP contribution >= 0.6 is 11.6 Å². The minimum Gasteiger partial charge on any atom is -0.312 e. The lowest BCUT2D eigenvalue weighted by molar-refractivity contribution is -0.121. The van der Waals surface area contributed by atoms with Gasteiger partial charge in [0.25, 0.3) is 0 Å². The molecule has 0 spiro atoms. The first-order chi connectivity index (χ1) is 12.3. The fraction of sp³-hybridized carbons (Fsp3) is 0.316. The van der Waals surface area contributed by atoms with Gasteiger partial charge in [-0.05, 0) is 35.7 Å². The Balaban J connectivity index is 1.75. The van der Waals surface area contributed by atoms with Gasteiger partial charge in [0.15, 0.2) is 0 Å². The standard InChI is InChI=1S/C19H21ClN2O3S/c1-13(2)19(23)22-10-9-15-11-14(7-8-17(15)22)12-21-26(24,25)18-6-4-3-5-16(18)20/h3-8,11,13,21H,9-10,12H2,1-2H3. The quantitative estimate of drug-likeness (QED) is 0.848. The Bertz CT molecular complexity index is 942. The van der Waals surface area contributed by atoms with Gasteiger partial charge in [0.1, 0.15) is 4.90 Å². The Morgan fingerprint density at radius 1 is 1.23 bits per heavy atom. The van der Waals surface area contributed by atoms with Crippen molar-refractivity contribution in [2.24, 2.45) is 5.92 Å². The zero-order valence-electron chi connectivity index (χ0n) is 14.7. The van der Waals surface area contributed by atoms with E-state index in [9.17, 15) is 13.2 Å². The summed E-state index contributed by atoms with van der Waals surface area (Å²) in [6.45, 7) is 4.61. The predicted octanol–water partition coefficient (Wildman–Crippen LogP) is 3.36. The van der Waals surface area contributed by atoms with Crippen molar-refractivity contribution >= 4 is 33.2 Å². The summed E-state index contributed by atoms with van der Waals surface area (Å²) in [5.74, 6) is 0.0546. The number of halogens is 1. The molecule has 0 unspecified atom stereocenters. The summed E-state index contributed by atoms with van der Waals surface area (Å²) in [5.41, 5.74) is 2.83. The molecule has 26 heavy (non-hydrogen) atoms. The van der Waals surface area contributed by atoms with Crippen molar-refractivity contribution in [1.29, 1.82) is 0 Å². The average molecular weight is 393 g/mol. The van der Waals surface area contributed by atoms with E-state index in [-0.39, 0.29) is 28.3 Å². The third kappa shape index (κ3) is 3.77. The highest BCUT2D eigenvalue weighted by molar-refractivity contribution is 7.89. The molecule has 0 bridgehead atoms. The van der Waals surface area contributed by atoms with Gasteiger partial charge >= 0.3 is 0 Å². The molecule has 7 heteroatoms. The molecule has 0 radical (unpaired) electrons.